The average Bonchev–Trinajstić information content (AvgIpc) is 2.17. The van der Waals surface area contributed by atoms with E-state index in [-0.39, 0.29) is 0 Å². The van der Waals surface area contributed by atoms with Crippen LogP contribution in [0, 0.1) is 0 Å². The van der Waals surface area contributed by atoms with Crippen LogP contribution < -0.4 is 5.32 Å². The molecule has 2 nitrogen and oxygen atoms in total. The van der Waals surface area contributed by atoms with E-state index in [0.29, 0.717) is 0 Å². The van der Waals surface area contributed by atoms with Gasteiger partial charge in [-0.25, -0.2) is 0 Å². The van der Waals surface area contributed by atoms with Gasteiger partial charge in [0, 0.05) is 31.1 Å². The topological polar surface area (TPSA) is 15.3 Å². The maximum Gasteiger partial charge on any atom is 0.168 e. The van der Waals surface area contributed by atoms with Crippen LogP contribution in [0.2, 0.25) is 0 Å². The van der Waals surface area contributed by atoms with E-state index >= 15 is 0 Å². The van der Waals surface area contributed by atoms with Crippen LogP contribution in [0.1, 0.15) is 13.3 Å². The normalized spacial score (nSPS) is 23.8. The zero-order valence-electron chi connectivity index (χ0n) is 7.67. The fourth-order valence-electron chi connectivity index (χ4n) is 1.31. The van der Waals surface area contributed by atoms with Gasteiger partial charge in [-0.2, -0.15) is 11.8 Å². The number of nitrogens with one attached hydrogen (secondary N) is 1. The van der Waals surface area contributed by atoms with Crippen LogP contribution in [-0.4, -0.2) is 41.2 Å². The molecule has 4 heteroatoms. The summed E-state index contributed by atoms with van der Waals surface area (Å²) in [5.74, 6) is 1.21. The first kappa shape index (κ1) is 10.1. The third-order valence-corrected chi connectivity index (χ3v) is 3.93. The van der Waals surface area contributed by atoms with Crippen LogP contribution in [0.5, 0.6) is 0 Å². The lowest BCUT2D eigenvalue weighted by atomic mass is 10.3. The van der Waals surface area contributed by atoms with Crippen molar-refractivity contribution < 1.29 is 0 Å². The minimum Gasteiger partial charge on any atom is -0.366 e. The summed E-state index contributed by atoms with van der Waals surface area (Å²) in [6.07, 6.45) is 1.24. The van der Waals surface area contributed by atoms with Crippen LogP contribution >= 0.6 is 24.0 Å². The summed E-state index contributed by atoms with van der Waals surface area (Å²) in [6, 6.07) is 0. The molecule has 0 bridgehead atoms. The summed E-state index contributed by atoms with van der Waals surface area (Å²) in [5, 5.41) is 4.69. The van der Waals surface area contributed by atoms with Crippen molar-refractivity contribution in [3.8, 4) is 0 Å². The number of thiocarbonyl (C=S) groups is 1. The van der Waals surface area contributed by atoms with Crippen LogP contribution in [0.4, 0.5) is 0 Å². The van der Waals surface area contributed by atoms with Crippen LogP contribution in [0.25, 0.3) is 0 Å². The molecule has 70 valence electrons. The molecule has 0 aromatic heterocycles. The van der Waals surface area contributed by atoms with Crippen LogP contribution in [-0.2, 0) is 0 Å². The fourth-order valence-corrected chi connectivity index (χ4v) is 2.65. The van der Waals surface area contributed by atoms with Gasteiger partial charge >= 0.3 is 0 Å². The highest BCUT2D eigenvalue weighted by molar-refractivity contribution is 8.00. The Hall–Kier alpha value is 0.0400. The molecule has 1 saturated heterocycles. The summed E-state index contributed by atoms with van der Waals surface area (Å²) in [5.41, 5.74) is 0. The van der Waals surface area contributed by atoms with Gasteiger partial charge in [0.15, 0.2) is 5.11 Å². The van der Waals surface area contributed by atoms with Gasteiger partial charge in [0.1, 0.15) is 0 Å². The van der Waals surface area contributed by atoms with Crippen molar-refractivity contribution in [1.29, 1.82) is 0 Å². The maximum absolute atomic E-state index is 5.18. The summed E-state index contributed by atoms with van der Waals surface area (Å²) < 4.78 is 0. The Bertz CT molecular complexity index is 161. The Labute approximate surface area is 84.1 Å². The first-order chi connectivity index (χ1) is 5.77. The van der Waals surface area contributed by atoms with E-state index < -0.39 is 0 Å². The minimum atomic E-state index is 0.769. The molecule has 0 aromatic carbocycles. The second-order valence-corrected chi connectivity index (χ2v) is 4.70. The minimum absolute atomic E-state index is 0.769. The smallest absolute Gasteiger partial charge is 0.168 e. The van der Waals surface area contributed by atoms with E-state index in [2.05, 4.69) is 28.9 Å². The fraction of sp³-hybridized carbons (Fsp3) is 0.875. The van der Waals surface area contributed by atoms with Gasteiger partial charge in [-0.05, 0) is 18.6 Å². The first-order valence-corrected chi connectivity index (χ1v) is 5.82. The zero-order chi connectivity index (χ0) is 8.97. The molecular weight excluding hydrogens is 188 g/mol. The lowest BCUT2D eigenvalue weighted by Gasteiger charge is -2.33. The molecule has 0 aliphatic carbocycles. The summed E-state index contributed by atoms with van der Waals surface area (Å²) in [6.45, 7) is 4.45. The molecule has 1 N–H and O–H groups in total. The predicted octanol–water partition coefficient (Wildman–Crippen LogP) is 1.32. The quantitative estimate of drug-likeness (QED) is 0.648. The third kappa shape index (κ3) is 2.52. The summed E-state index contributed by atoms with van der Waals surface area (Å²) >= 11 is 7.25. The molecule has 1 heterocycles. The highest BCUT2D eigenvalue weighted by Gasteiger charge is 2.19. The molecule has 0 aromatic rings. The van der Waals surface area contributed by atoms with Gasteiger partial charge in [0.2, 0.25) is 0 Å². The van der Waals surface area contributed by atoms with E-state index in [1.165, 1.54) is 12.2 Å². The molecule has 0 saturated carbocycles. The Morgan fingerprint density at radius 3 is 3.08 bits per heavy atom. The van der Waals surface area contributed by atoms with Crippen molar-refractivity contribution in [2.45, 2.75) is 18.6 Å². The Balaban J connectivity index is 2.40. The summed E-state index contributed by atoms with van der Waals surface area (Å²) in [7, 11) is 1.89. The van der Waals surface area contributed by atoms with Gasteiger partial charge in [0.25, 0.3) is 0 Å². The standard InChI is InChI=1S/C8H16N2S2/c1-3-7-6-10(4-5-12-7)8(11)9-2/h7H,3-6H2,1-2H3,(H,9,11). The number of hydrogen-bond donors (Lipinski definition) is 1. The molecule has 0 spiro atoms. The van der Waals surface area contributed by atoms with Crippen LogP contribution in [0.15, 0.2) is 0 Å². The Kier molecular flexibility index (Phi) is 4.15. The lowest BCUT2D eigenvalue weighted by molar-refractivity contribution is 0.420. The average molecular weight is 204 g/mol. The van der Waals surface area contributed by atoms with Crippen molar-refractivity contribution in [2.75, 3.05) is 25.9 Å². The molecule has 12 heavy (non-hydrogen) atoms. The van der Waals surface area contributed by atoms with E-state index in [1.54, 1.807) is 0 Å². The van der Waals surface area contributed by atoms with Gasteiger partial charge in [-0.3, -0.25) is 0 Å². The monoisotopic (exact) mass is 204 g/mol. The van der Waals surface area contributed by atoms with Crippen molar-refractivity contribution in [1.82, 2.24) is 10.2 Å². The largest absolute Gasteiger partial charge is 0.366 e. The molecule has 1 rings (SSSR count). The molecule has 1 unspecified atom stereocenters. The number of thioether (sulfide) groups is 1. The van der Waals surface area contributed by atoms with Gasteiger partial charge < -0.3 is 10.2 Å². The molecule has 1 aliphatic rings. The Morgan fingerprint density at radius 2 is 2.50 bits per heavy atom. The highest BCUT2D eigenvalue weighted by atomic mass is 32.2. The molecule has 0 amide bonds. The second-order valence-electron chi connectivity index (χ2n) is 2.90. The van der Waals surface area contributed by atoms with E-state index in [0.717, 1.165) is 23.5 Å². The van der Waals surface area contributed by atoms with Crippen molar-refractivity contribution >= 4 is 29.1 Å². The SMILES string of the molecule is CCC1CN(C(=S)NC)CCS1. The van der Waals surface area contributed by atoms with Crippen molar-refractivity contribution in [3.05, 3.63) is 0 Å². The second kappa shape index (κ2) is 4.92. The molecule has 1 atom stereocenters. The zero-order valence-corrected chi connectivity index (χ0v) is 9.30. The number of hydrogen-bond acceptors (Lipinski definition) is 2. The van der Waals surface area contributed by atoms with Gasteiger partial charge in [0.05, 0.1) is 0 Å². The van der Waals surface area contributed by atoms with Gasteiger partial charge in [-0.1, -0.05) is 6.92 Å². The van der Waals surface area contributed by atoms with Crippen LogP contribution in [0.3, 0.4) is 0 Å². The lowest BCUT2D eigenvalue weighted by Crippen LogP contribution is -2.45. The first-order valence-electron chi connectivity index (χ1n) is 4.36. The molecular formula is C8H16N2S2. The van der Waals surface area contributed by atoms with E-state index in [1.807, 2.05) is 7.05 Å². The highest BCUT2D eigenvalue weighted by Crippen LogP contribution is 2.20. The number of nitrogens with zero attached hydrogens (tertiary/aromatic N) is 1. The maximum atomic E-state index is 5.18. The Morgan fingerprint density at radius 1 is 1.75 bits per heavy atom. The van der Waals surface area contributed by atoms with Gasteiger partial charge in [-0.15, -0.1) is 0 Å². The van der Waals surface area contributed by atoms with E-state index in [9.17, 15) is 0 Å². The predicted molar refractivity (Wildman–Crippen MR) is 59.8 cm³/mol. The molecule has 1 aliphatic heterocycles. The number of rotatable bonds is 1. The molecule has 0 radical (unpaired) electrons. The van der Waals surface area contributed by atoms with Crippen molar-refractivity contribution in [3.63, 3.8) is 0 Å². The summed E-state index contributed by atoms with van der Waals surface area (Å²) in [4.78, 5) is 2.26. The third-order valence-electron chi connectivity index (χ3n) is 2.10. The molecule has 1 fully saturated rings. The van der Waals surface area contributed by atoms with Crippen molar-refractivity contribution in [2.24, 2.45) is 0 Å². The van der Waals surface area contributed by atoms with E-state index in [4.69, 9.17) is 12.2 Å².